The van der Waals surface area contributed by atoms with Crippen LogP contribution < -0.4 is 5.73 Å². The van der Waals surface area contributed by atoms with E-state index in [1.807, 2.05) is 6.07 Å². The van der Waals surface area contributed by atoms with E-state index in [0.717, 1.165) is 23.2 Å². The highest BCUT2D eigenvalue weighted by molar-refractivity contribution is 5.60. The van der Waals surface area contributed by atoms with Crippen molar-refractivity contribution in [3.05, 3.63) is 28.2 Å². The van der Waals surface area contributed by atoms with Crippen LogP contribution in [-0.2, 0) is 11.8 Å². The maximum atomic E-state index is 11.9. The smallest absolute Gasteiger partial charge is 0.300 e. The molecule has 0 saturated heterocycles. The van der Waals surface area contributed by atoms with Gasteiger partial charge in [-0.1, -0.05) is 26.8 Å². The Labute approximate surface area is 120 Å². The highest BCUT2D eigenvalue weighted by atomic mass is 16.3. The minimum absolute atomic E-state index is 0.0613. The van der Waals surface area contributed by atoms with E-state index in [9.17, 15) is 10.0 Å². The summed E-state index contributed by atoms with van der Waals surface area (Å²) in [6, 6.07) is 3.59. The van der Waals surface area contributed by atoms with E-state index in [4.69, 9.17) is 5.73 Å². The summed E-state index contributed by atoms with van der Waals surface area (Å²) in [5, 5.41) is 10.1. The molecule has 0 aromatic heterocycles. The van der Waals surface area contributed by atoms with Crippen LogP contribution in [0.15, 0.2) is 12.1 Å². The SMILES string of the molecule is C[C@@H]1Cc2ccc(O)c([N+](C)=O)c2C(C)(CCN)[C@@H]1C. The van der Waals surface area contributed by atoms with Crippen molar-refractivity contribution < 1.29 is 9.87 Å². The normalized spacial score (nSPS) is 29.1. The van der Waals surface area contributed by atoms with Gasteiger partial charge in [0.2, 0.25) is 0 Å². The lowest BCUT2D eigenvalue weighted by Gasteiger charge is -2.44. The molecule has 0 bridgehead atoms. The van der Waals surface area contributed by atoms with E-state index in [1.54, 1.807) is 6.07 Å². The number of hydrogen-bond acceptors (Lipinski definition) is 3. The molecule has 3 atom stereocenters. The minimum atomic E-state index is -0.172. The third-order valence-corrected chi connectivity index (χ3v) is 5.19. The van der Waals surface area contributed by atoms with Crippen LogP contribution in [0.25, 0.3) is 0 Å². The molecule has 3 N–H and O–H groups in total. The van der Waals surface area contributed by atoms with Crippen LogP contribution in [0, 0.1) is 16.7 Å². The average molecular weight is 277 g/mol. The van der Waals surface area contributed by atoms with Crippen molar-refractivity contribution in [3.63, 3.8) is 0 Å². The van der Waals surface area contributed by atoms with Crippen LogP contribution in [0.1, 0.15) is 38.3 Å². The number of aromatic hydroxyl groups is 1. The van der Waals surface area contributed by atoms with Crippen LogP contribution in [0.5, 0.6) is 5.75 Å². The molecule has 0 spiro atoms. The van der Waals surface area contributed by atoms with Gasteiger partial charge in [0.25, 0.3) is 0 Å². The second-order valence-electron chi connectivity index (χ2n) is 6.39. The third kappa shape index (κ3) is 2.12. The molecule has 1 aliphatic carbocycles. The Balaban J connectivity index is 2.75. The predicted octanol–water partition coefficient (Wildman–Crippen LogP) is 2.87. The maximum absolute atomic E-state index is 11.9. The Hall–Kier alpha value is -1.42. The number of phenols is 1. The van der Waals surface area contributed by atoms with E-state index in [1.165, 1.54) is 12.6 Å². The van der Waals surface area contributed by atoms with Crippen LogP contribution in [0.3, 0.4) is 0 Å². The van der Waals surface area contributed by atoms with Crippen molar-refractivity contribution in [2.24, 2.45) is 17.6 Å². The molecular formula is C16H25N2O2+. The van der Waals surface area contributed by atoms with Crippen molar-refractivity contribution >= 4 is 5.69 Å². The summed E-state index contributed by atoms with van der Waals surface area (Å²) >= 11 is 0. The Morgan fingerprint density at radius 3 is 2.65 bits per heavy atom. The molecule has 1 aromatic rings. The molecule has 1 unspecified atom stereocenters. The molecule has 0 heterocycles. The first-order valence-corrected chi connectivity index (χ1v) is 7.29. The molecule has 0 fully saturated rings. The zero-order chi connectivity index (χ0) is 15.1. The first-order valence-electron chi connectivity index (χ1n) is 7.29. The average Bonchev–Trinajstić information content (AvgIpc) is 2.37. The summed E-state index contributed by atoms with van der Waals surface area (Å²) in [6.45, 7) is 7.22. The molecule has 0 amide bonds. The highest BCUT2D eigenvalue weighted by Crippen LogP contribution is 2.51. The van der Waals surface area contributed by atoms with Gasteiger partial charge in [-0.3, -0.25) is 0 Å². The first kappa shape index (κ1) is 15.0. The minimum Gasteiger partial charge on any atom is -0.502 e. The molecule has 110 valence electrons. The van der Waals surface area contributed by atoms with Gasteiger partial charge in [-0.2, -0.15) is 0 Å². The largest absolute Gasteiger partial charge is 0.502 e. The summed E-state index contributed by atoms with van der Waals surface area (Å²) in [6.07, 6.45) is 1.76. The third-order valence-electron chi connectivity index (χ3n) is 5.19. The Bertz CT molecular complexity index is 542. The number of nitrogens with two attached hydrogens (primary N) is 1. The fourth-order valence-corrected chi connectivity index (χ4v) is 3.78. The quantitative estimate of drug-likeness (QED) is 0.835. The Morgan fingerprint density at radius 2 is 2.10 bits per heavy atom. The highest BCUT2D eigenvalue weighted by Gasteiger charge is 2.46. The van der Waals surface area contributed by atoms with Gasteiger partial charge in [-0.05, 0) is 42.9 Å². The molecule has 1 aliphatic rings. The van der Waals surface area contributed by atoms with E-state index in [-0.39, 0.29) is 11.2 Å². The first-order chi connectivity index (χ1) is 9.32. The molecule has 2 rings (SSSR count). The number of nitroso groups, excluding NO2 is 1. The zero-order valence-electron chi connectivity index (χ0n) is 12.8. The number of phenolic OH excluding ortho intramolecular Hbond substituents is 1. The lowest BCUT2D eigenvalue weighted by atomic mass is 9.59. The molecule has 1 aromatic carbocycles. The van der Waals surface area contributed by atoms with Gasteiger partial charge in [0, 0.05) is 20.6 Å². The van der Waals surface area contributed by atoms with Gasteiger partial charge in [-0.25, -0.2) is 0 Å². The molecular weight excluding hydrogens is 252 g/mol. The number of hydrogen-bond donors (Lipinski definition) is 2. The Morgan fingerprint density at radius 1 is 1.45 bits per heavy atom. The standard InChI is InChI=1S/C16H24N2O2/c1-10-9-12-5-6-13(19)15(18(4)20)14(12)16(3,7-8-17)11(10)2/h5-6,10-11H,7-9,17H2,1-4H3/p+1/t10-,11-,16?/m1/s1. The number of rotatable bonds is 3. The van der Waals surface area contributed by atoms with Crippen molar-refractivity contribution in [3.8, 4) is 5.75 Å². The van der Waals surface area contributed by atoms with E-state index < -0.39 is 0 Å². The molecule has 0 radical (unpaired) electrons. The van der Waals surface area contributed by atoms with Crippen molar-refractivity contribution in [2.45, 2.75) is 39.0 Å². The topological polar surface area (TPSA) is 66.3 Å². The van der Waals surface area contributed by atoms with Gasteiger partial charge in [0.1, 0.15) is 0 Å². The predicted molar refractivity (Wildman–Crippen MR) is 80.4 cm³/mol. The molecule has 0 aliphatic heterocycles. The summed E-state index contributed by atoms with van der Waals surface area (Å²) < 4.78 is 0.783. The van der Waals surface area contributed by atoms with Crippen LogP contribution in [0.4, 0.5) is 5.69 Å². The van der Waals surface area contributed by atoms with Gasteiger partial charge >= 0.3 is 5.69 Å². The van der Waals surface area contributed by atoms with Crippen LogP contribution in [0.2, 0.25) is 0 Å². The number of fused-ring (bicyclic) bond motifs is 1. The fraction of sp³-hybridized carbons (Fsp3) is 0.625. The van der Waals surface area contributed by atoms with E-state index in [0.29, 0.717) is 24.1 Å². The van der Waals surface area contributed by atoms with Gasteiger partial charge < -0.3 is 10.8 Å². The Kier molecular flexibility index (Phi) is 3.87. The van der Waals surface area contributed by atoms with Crippen molar-refractivity contribution in [1.29, 1.82) is 0 Å². The van der Waals surface area contributed by atoms with Gasteiger partial charge in [0.15, 0.2) is 12.8 Å². The second kappa shape index (κ2) is 5.17. The second-order valence-corrected chi connectivity index (χ2v) is 6.39. The summed E-state index contributed by atoms with van der Waals surface area (Å²) in [5.41, 5.74) is 8.22. The van der Waals surface area contributed by atoms with Gasteiger partial charge in [0.05, 0.1) is 0 Å². The fourth-order valence-electron chi connectivity index (χ4n) is 3.78. The monoisotopic (exact) mass is 277 g/mol. The van der Waals surface area contributed by atoms with E-state index in [2.05, 4.69) is 20.8 Å². The summed E-state index contributed by atoms with van der Waals surface area (Å²) in [7, 11) is 1.45. The lowest BCUT2D eigenvalue weighted by molar-refractivity contribution is -0.430. The van der Waals surface area contributed by atoms with Crippen LogP contribution >= 0.6 is 0 Å². The molecule has 4 nitrogen and oxygen atoms in total. The number of nitrogens with zero attached hydrogens (tertiary/aromatic N) is 1. The lowest BCUT2D eigenvalue weighted by Crippen LogP contribution is -2.42. The molecule has 0 saturated carbocycles. The van der Waals surface area contributed by atoms with Gasteiger partial charge in [-0.15, -0.1) is 0 Å². The van der Waals surface area contributed by atoms with E-state index >= 15 is 0 Å². The molecule has 4 heteroatoms. The van der Waals surface area contributed by atoms with Crippen LogP contribution in [-0.4, -0.2) is 23.5 Å². The number of benzene rings is 1. The summed E-state index contributed by atoms with van der Waals surface area (Å²) in [5.74, 6) is 1.01. The molecule has 20 heavy (non-hydrogen) atoms. The van der Waals surface area contributed by atoms with Crippen molar-refractivity contribution in [2.75, 3.05) is 13.6 Å². The van der Waals surface area contributed by atoms with Crippen molar-refractivity contribution in [1.82, 2.24) is 0 Å². The maximum Gasteiger partial charge on any atom is 0.300 e. The summed E-state index contributed by atoms with van der Waals surface area (Å²) in [4.78, 5) is 11.9. The zero-order valence-corrected chi connectivity index (χ0v) is 12.8.